The van der Waals surface area contributed by atoms with Gasteiger partial charge in [0.25, 0.3) is 0 Å². The third-order valence-electron chi connectivity index (χ3n) is 9.67. The van der Waals surface area contributed by atoms with Crippen LogP contribution in [0.2, 0.25) is 0 Å². The molecule has 8 heteroatoms. The number of benzene rings is 2. The first-order valence-electron chi connectivity index (χ1n) is 14.9. The number of nitrogens with zero attached hydrogens (tertiary/aromatic N) is 3. The number of nitrogens with one attached hydrogen (secondary N) is 2. The number of nitriles is 1. The number of likely N-dealkylation sites (tertiary alicyclic amines) is 1. The lowest BCUT2D eigenvalue weighted by molar-refractivity contribution is 0.0734. The van der Waals surface area contributed by atoms with E-state index in [0.29, 0.717) is 11.8 Å². The normalized spacial score (nSPS) is 22.0. The number of allylic oxidation sites excluding steroid dienone is 1. The number of hydrogen-bond donors (Lipinski definition) is 2. The van der Waals surface area contributed by atoms with Crippen molar-refractivity contribution in [2.24, 2.45) is 17.3 Å². The minimum atomic E-state index is -3.72. The number of hydrogen-bond acceptors (Lipinski definition) is 7. The molecule has 2 heterocycles. The monoisotopic (exact) mass is 573 g/mol. The molecule has 5 rings (SSSR count). The van der Waals surface area contributed by atoms with Gasteiger partial charge in [-0.05, 0) is 80.4 Å². The highest BCUT2D eigenvalue weighted by Crippen LogP contribution is 2.50. The number of piperidine rings is 1. The maximum absolute atomic E-state index is 12.8. The maximum Gasteiger partial charge on any atom is 0.209 e. The minimum Gasteiger partial charge on any atom is -0.393 e. The molecule has 0 spiro atoms. The Bertz CT molecular complexity index is 1380. The highest BCUT2D eigenvalue weighted by atomic mass is 32.2. The van der Waals surface area contributed by atoms with Gasteiger partial charge in [0.05, 0.1) is 16.4 Å². The van der Waals surface area contributed by atoms with Crippen LogP contribution < -0.4 is 10.2 Å². The van der Waals surface area contributed by atoms with Gasteiger partial charge in [0, 0.05) is 50.2 Å². The summed E-state index contributed by atoms with van der Waals surface area (Å²) in [4.78, 5) is 5.03. The van der Waals surface area contributed by atoms with Crippen LogP contribution in [0.1, 0.15) is 51.0 Å². The zero-order valence-corrected chi connectivity index (χ0v) is 25.2. The number of anilines is 1. The van der Waals surface area contributed by atoms with Crippen LogP contribution >= 0.6 is 0 Å². The van der Waals surface area contributed by atoms with E-state index in [-0.39, 0.29) is 20.6 Å². The molecule has 1 aliphatic carbocycles. The topological polar surface area (TPSA) is 100 Å². The third kappa shape index (κ3) is 5.67. The average Bonchev–Trinajstić information content (AvgIpc) is 3.52. The summed E-state index contributed by atoms with van der Waals surface area (Å²) in [6, 6.07) is 20.5. The molecule has 7 nitrogen and oxygen atoms in total. The highest BCUT2D eigenvalue weighted by Gasteiger charge is 2.49. The van der Waals surface area contributed by atoms with E-state index in [9.17, 15) is 13.7 Å². The summed E-state index contributed by atoms with van der Waals surface area (Å²) in [6.45, 7) is 7.30. The van der Waals surface area contributed by atoms with Crippen molar-refractivity contribution in [1.29, 1.82) is 10.7 Å². The molecule has 41 heavy (non-hydrogen) atoms. The van der Waals surface area contributed by atoms with Gasteiger partial charge in [0.2, 0.25) is 9.84 Å². The lowest BCUT2D eigenvalue weighted by Gasteiger charge is -2.52. The second-order valence-electron chi connectivity index (χ2n) is 12.5. The summed E-state index contributed by atoms with van der Waals surface area (Å²) in [5, 5.41) is 20.8. The van der Waals surface area contributed by atoms with Gasteiger partial charge in [-0.25, -0.2) is 8.42 Å². The molecule has 218 valence electrons. The zero-order valence-electron chi connectivity index (χ0n) is 24.4. The van der Waals surface area contributed by atoms with Crippen molar-refractivity contribution in [2.45, 2.75) is 55.8 Å². The summed E-state index contributed by atoms with van der Waals surface area (Å²) >= 11 is 0. The molecule has 0 amide bonds. The molecular weight excluding hydrogens is 530 g/mol. The third-order valence-corrected chi connectivity index (χ3v) is 11.4. The number of rotatable bonds is 10. The summed E-state index contributed by atoms with van der Waals surface area (Å²) < 4.78 is 25.6. The van der Waals surface area contributed by atoms with Crippen LogP contribution in [-0.2, 0) is 15.3 Å². The zero-order chi connectivity index (χ0) is 29.1. The minimum absolute atomic E-state index is 0.0629. The van der Waals surface area contributed by atoms with Crippen molar-refractivity contribution in [1.82, 2.24) is 10.2 Å². The van der Waals surface area contributed by atoms with Crippen LogP contribution in [0.3, 0.4) is 0 Å². The molecule has 2 aromatic carbocycles. The Labute approximate surface area is 245 Å². The lowest BCUT2D eigenvalue weighted by Crippen LogP contribution is -2.60. The van der Waals surface area contributed by atoms with Gasteiger partial charge in [-0.3, -0.25) is 0 Å². The van der Waals surface area contributed by atoms with Crippen molar-refractivity contribution in [3.8, 4) is 6.07 Å². The fourth-order valence-corrected chi connectivity index (χ4v) is 8.90. The number of sulfone groups is 1. The maximum atomic E-state index is 12.8. The standard InChI is InChI=1S/C33H43N5O2S/c1-32(24-38(25-32)29-12-14-30(15-13-29)41(39,40)31(20-34)21-36-2)23-37-18-16-28(17-19-37)33(22-35,27-10-6-7-11-27)26-8-4-3-5-9-26/h3-5,8-9,12-15,20-21,27-28,34,36H,6-7,10-11,16-19,23-25H2,1-2H3/b31-21+,34-20?. The molecule has 1 atom stereocenters. The van der Waals surface area contributed by atoms with Crippen LogP contribution in [0.4, 0.5) is 5.69 Å². The van der Waals surface area contributed by atoms with Gasteiger partial charge in [-0.2, -0.15) is 5.26 Å². The first-order chi connectivity index (χ1) is 19.8. The Morgan fingerprint density at radius 1 is 1.05 bits per heavy atom. The van der Waals surface area contributed by atoms with Crippen LogP contribution in [-0.4, -0.2) is 59.3 Å². The molecule has 0 aromatic heterocycles. The van der Waals surface area contributed by atoms with Gasteiger partial charge in [-0.1, -0.05) is 50.1 Å². The molecule has 2 saturated heterocycles. The Balaban J connectivity index is 1.19. The summed E-state index contributed by atoms with van der Waals surface area (Å²) in [6.07, 6.45) is 9.14. The second-order valence-corrected chi connectivity index (χ2v) is 14.5. The van der Waals surface area contributed by atoms with Gasteiger partial charge < -0.3 is 20.5 Å². The molecule has 0 bridgehead atoms. The molecule has 3 aliphatic rings. The second kappa shape index (κ2) is 12.0. The predicted octanol–water partition coefficient (Wildman–Crippen LogP) is 5.36. The molecular formula is C33H43N5O2S. The lowest BCUT2D eigenvalue weighted by atomic mass is 9.60. The summed E-state index contributed by atoms with van der Waals surface area (Å²) in [7, 11) is -2.10. The Morgan fingerprint density at radius 2 is 1.66 bits per heavy atom. The average molecular weight is 574 g/mol. The van der Waals surface area contributed by atoms with Crippen LogP contribution in [0, 0.1) is 34.0 Å². The van der Waals surface area contributed by atoms with Crippen LogP contribution in [0.5, 0.6) is 0 Å². The van der Waals surface area contributed by atoms with Gasteiger partial charge in [0.15, 0.2) is 0 Å². The van der Waals surface area contributed by atoms with Gasteiger partial charge in [-0.15, -0.1) is 0 Å². The van der Waals surface area contributed by atoms with Crippen molar-refractivity contribution in [3.05, 3.63) is 71.3 Å². The quantitative estimate of drug-likeness (QED) is 0.371. The van der Waals surface area contributed by atoms with E-state index in [1.165, 1.54) is 37.4 Å². The summed E-state index contributed by atoms with van der Waals surface area (Å²) in [5.74, 6) is 0.854. The van der Waals surface area contributed by atoms with Crippen molar-refractivity contribution in [3.63, 3.8) is 0 Å². The van der Waals surface area contributed by atoms with Gasteiger partial charge in [0.1, 0.15) is 4.91 Å². The molecule has 2 aliphatic heterocycles. The van der Waals surface area contributed by atoms with E-state index in [0.717, 1.165) is 57.5 Å². The molecule has 0 radical (unpaired) electrons. The molecule has 1 saturated carbocycles. The first-order valence-corrected chi connectivity index (χ1v) is 16.4. The molecule has 3 fully saturated rings. The van der Waals surface area contributed by atoms with Crippen LogP contribution in [0.15, 0.2) is 70.6 Å². The SMILES string of the molecule is CN/C=C(\C=N)S(=O)(=O)c1ccc(N2CC(C)(CN3CCC(C(C#N)(c4ccccc4)C4CCCC4)CC3)C2)cc1. The van der Waals surface area contributed by atoms with E-state index in [4.69, 9.17) is 5.41 Å². The largest absolute Gasteiger partial charge is 0.393 e. The molecule has 2 N–H and O–H groups in total. The van der Waals surface area contributed by atoms with Gasteiger partial charge >= 0.3 is 0 Å². The highest BCUT2D eigenvalue weighted by molar-refractivity contribution is 7.96. The van der Waals surface area contributed by atoms with E-state index in [2.05, 4.69) is 58.4 Å². The first kappa shape index (κ1) is 29.3. The van der Waals surface area contributed by atoms with Crippen molar-refractivity contribution >= 4 is 21.7 Å². The Kier molecular flexibility index (Phi) is 8.58. The Morgan fingerprint density at radius 3 is 2.22 bits per heavy atom. The van der Waals surface area contributed by atoms with E-state index in [1.807, 2.05) is 12.1 Å². The predicted molar refractivity (Wildman–Crippen MR) is 165 cm³/mol. The smallest absolute Gasteiger partial charge is 0.209 e. The molecule has 1 unspecified atom stereocenters. The molecule has 2 aromatic rings. The van der Waals surface area contributed by atoms with Crippen molar-refractivity contribution in [2.75, 3.05) is 44.7 Å². The Hall–Kier alpha value is -3.15. The van der Waals surface area contributed by atoms with E-state index in [1.54, 1.807) is 19.2 Å². The van der Waals surface area contributed by atoms with Crippen LogP contribution in [0.25, 0.3) is 0 Å². The fourth-order valence-electron chi connectivity index (χ4n) is 7.70. The van der Waals surface area contributed by atoms with E-state index < -0.39 is 9.84 Å². The fraction of sp³-hybridized carbons (Fsp3) is 0.515. The van der Waals surface area contributed by atoms with Crippen molar-refractivity contribution < 1.29 is 8.42 Å². The van der Waals surface area contributed by atoms with E-state index >= 15 is 0 Å². The summed E-state index contributed by atoms with van der Waals surface area (Å²) in [5.41, 5.74) is 2.05.